The van der Waals surface area contributed by atoms with E-state index in [9.17, 15) is 9.59 Å². The zero-order chi connectivity index (χ0) is 15.6. The van der Waals surface area contributed by atoms with E-state index in [0.29, 0.717) is 22.8 Å². The quantitative estimate of drug-likeness (QED) is 0.895. The second kappa shape index (κ2) is 5.66. The van der Waals surface area contributed by atoms with E-state index in [-0.39, 0.29) is 11.3 Å². The summed E-state index contributed by atoms with van der Waals surface area (Å²) in [5, 5.41) is 15.3. The summed E-state index contributed by atoms with van der Waals surface area (Å²) >= 11 is 0. The Morgan fingerprint density at radius 3 is 2.57 bits per heavy atom. The highest BCUT2D eigenvalue weighted by Crippen LogP contribution is 2.26. The number of carboxylic acid groups (broad SMARTS) is 1. The Morgan fingerprint density at radius 2 is 2.05 bits per heavy atom. The predicted molar refractivity (Wildman–Crippen MR) is 73.9 cm³/mol. The number of aromatic nitrogens is 1. The fourth-order valence-electron chi connectivity index (χ4n) is 1.93. The number of methoxy groups -OCH3 is 1. The van der Waals surface area contributed by atoms with Crippen molar-refractivity contribution in [1.29, 1.82) is 0 Å². The van der Waals surface area contributed by atoms with Crippen molar-refractivity contribution in [1.82, 2.24) is 5.16 Å². The lowest BCUT2D eigenvalue weighted by atomic mass is 10.1. The van der Waals surface area contributed by atoms with E-state index >= 15 is 0 Å². The second-order valence-electron chi connectivity index (χ2n) is 4.37. The van der Waals surface area contributed by atoms with Crippen LogP contribution in [0, 0.1) is 13.8 Å². The van der Waals surface area contributed by atoms with Gasteiger partial charge in [-0.15, -0.1) is 0 Å². The Kier molecular flexibility index (Phi) is 3.93. The van der Waals surface area contributed by atoms with Gasteiger partial charge in [0, 0.05) is 0 Å². The summed E-state index contributed by atoms with van der Waals surface area (Å²) in [6.07, 6.45) is 0. The van der Waals surface area contributed by atoms with Gasteiger partial charge in [0.15, 0.2) is 0 Å². The molecular weight excluding hydrogens is 276 g/mol. The van der Waals surface area contributed by atoms with Gasteiger partial charge in [-0.2, -0.15) is 0 Å². The molecule has 2 rings (SSSR count). The highest BCUT2D eigenvalue weighted by molar-refractivity contribution is 6.06. The Labute approximate surface area is 120 Å². The number of aryl methyl sites for hydroxylation is 2. The SMILES string of the molecule is COc1ccc(C(=O)O)cc1NC(=O)c1c(C)noc1C. The maximum absolute atomic E-state index is 12.3. The molecule has 0 saturated heterocycles. The number of hydrogen-bond acceptors (Lipinski definition) is 5. The van der Waals surface area contributed by atoms with Crippen molar-refractivity contribution in [3.63, 3.8) is 0 Å². The van der Waals surface area contributed by atoms with Gasteiger partial charge in [-0.3, -0.25) is 4.79 Å². The molecule has 0 unspecified atom stereocenters. The molecule has 0 saturated carbocycles. The van der Waals surface area contributed by atoms with Crippen LogP contribution in [0.3, 0.4) is 0 Å². The van der Waals surface area contributed by atoms with Crippen LogP contribution in [-0.4, -0.2) is 29.2 Å². The third kappa shape index (κ3) is 2.86. The fourth-order valence-corrected chi connectivity index (χ4v) is 1.93. The molecule has 1 aromatic carbocycles. The Morgan fingerprint density at radius 1 is 1.33 bits per heavy atom. The van der Waals surface area contributed by atoms with Crippen molar-refractivity contribution in [3.05, 3.63) is 40.8 Å². The number of nitrogens with one attached hydrogen (secondary N) is 1. The van der Waals surface area contributed by atoms with Crippen molar-refractivity contribution in [2.45, 2.75) is 13.8 Å². The molecule has 7 nitrogen and oxygen atoms in total. The summed E-state index contributed by atoms with van der Waals surface area (Å²) in [7, 11) is 1.43. The van der Waals surface area contributed by atoms with E-state index in [1.54, 1.807) is 13.8 Å². The average molecular weight is 290 g/mol. The van der Waals surface area contributed by atoms with Gasteiger partial charge in [0.25, 0.3) is 5.91 Å². The minimum Gasteiger partial charge on any atom is -0.495 e. The van der Waals surface area contributed by atoms with Gasteiger partial charge in [0.2, 0.25) is 0 Å². The molecule has 0 atom stereocenters. The number of rotatable bonds is 4. The number of anilines is 1. The third-order valence-corrected chi connectivity index (χ3v) is 2.96. The van der Waals surface area contributed by atoms with Gasteiger partial charge in [-0.1, -0.05) is 5.16 Å². The zero-order valence-corrected chi connectivity index (χ0v) is 11.8. The Bertz CT molecular complexity index is 686. The largest absolute Gasteiger partial charge is 0.495 e. The molecule has 7 heteroatoms. The van der Waals surface area contributed by atoms with Crippen LogP contribution in [0.25, 0.3) is 0 Å². The Hall–Kier alpha value is -2.83. The molecule has 2 N–H and O–H groups in total. The minimum atomic E-state index is -1.09. The summed E-state index contributed by atoms with van der Waals surface area (Å²) in [6, 6.07) is 4.20. The number of carbonyl (C=O) groups excluding carboxylic acids is 1. The van der Waals surface area contributed by atoms with E-state index in [2.05, 4.69) is 10.5 Å². The molecule has 0 fully saturated rings. The van der Waals surface area contributed by atoms with Crippen LogP contribution in [0.15, 0.2) is 22.7 Å². The molecule has 110 valence electrons. The lowest BCUT2D eigenvalue weighted by molar-refractivity contribution is 0.0696. The summed E-state index contributed by atoms with van der Waals surface area (Å²) in [5.41, 5.74) is 1.09. The van der Waals surface area contributed by atoms with Crippen LogP contribution in [-0.2, 0) is 0 Å². The van der Waals surface area contributed by atoms with E-state index < -0.39 is 11.9 Å². The van der Waals surface area contributed by atoms with Gasteiger partial charge in [0.1, 0.15) is 17.1 Å². The van der Waals surface area contributed by atoms with Crippen LogP contribution in [0.4, 0.5) is 5.69 Å². The van der Waals surface area contributed by atoms with Crippen molar-refractivity contribution in [2.24, 2.45) is 0 Å². The summed E-state index contributed by atoms with van der Waals surface area (Å²) < 4.78 is 10.0. The number of carbonyl (C=O) groups is 2. The minimum absolute atomic E-state index is 0.0462. The molecule has 1 heterocycles. The molecule has 1 amide bonds. The molecule has 0 bridgehead atoms. The van der Waals surface area contributed by atoms with Gasteiger partial charge in [-0.05, 0) is 32.0 Å². The number of nitrogens with zero attached hydrogens (tertiary/aromatic N) is 1. The third-order valence-electron chi connectivity index (χ3n) is 2.96. The maximum Gasteiger partial charge on any atom is 0.335 e. The van der Waals surface area contributed by atoms with Crippen LogP contribution in [0.2, 0.25) is 0 Å². The number of carboxylic acids is 1. The number of amides is 1. The molecule has 0 aliphatic rings. The molecule has 1 aromatic heterocycles. The monoisotopic (exact) mass is 290 g/mol. The van der Waals surface area contributed by atoms with Gasteiger partial charge in [0.05, 0.1) is 24.1 Å². The number of aromatic carboxylic acids is 1. The first-order valence-corrected chi connectivity index (χ1v) is 6.09. The average Bonchev–Trinajstić information content (AvgIpc) is 2.78. The number of benzene rings is 1. The van der Waals surface area contributed by atoms with Gasteiger partial charge < -0.3 is 19.7 Å². The fraction of sp³-hybridized carbons (Fsp3) is 0.214. The summed E-state index contributed by atoms with van der Waals surface area (Å²) in [4.78, 5) is 23.2. The van der Waals surface area contributed by atoms with Crippen molar-refractivity contribution in [3.8, 4) is 5.75 Å². The molecule has 0 aliphatic carbocycles. The summed E-state index contributed by atoms with van der Waals surface area (Å²) in [5.74, 6) is -0.781. The smallest absolute Gasteiger partial charge is 0.335 e. The van der Waals surface area contributed by atoms with E-state index in [4.69, 9.17) is 14.4 Å². The highest BCUT2D eigenvalue weighted by atomic mass is 16.5. The van der Waals surface area contributed by atoms with Crippen molar-refractivity contribution < 1.29 is 24.0 Å². The first kappa shape index (κ1) is 14.6. The lowest BCUT2D eigenvalue weighted by Crippen LogP contribution is -2.15. The maximum atomic E-state index is 12.3. The van der Waals surface area contributed by atoms with Gasteiger partial charge in [-0.25, -0.2) is 4.79 Å². The van der Waals surface area contributed by atoms with Crippen LogP contribution in [0.5, 0.6) is 5.75 Å². The van der Waals surface area contributed by atoms with Gasteiger partial charge >= 0.3 is 5.97 Å². The van der Waals surface area contributed by atoms with Crippen molar-refractivity contribution >= 4 is 17.6 Å². The van der Waals surface area contributed by atoms with Crippen LogP contribution < -0.4 is 10.1 Å². The molecule has 0 aliphatic heterocycles. The molecule has 21 heavy (non-hydrogen) atoms. The van der Waals surface area contributed by atoms with E-state index in [1.807, 2.05) is 0 Å². The lowest BCUT2D eigenvalue weighted by Gasteiger charge is -2.10. The topological polar surface area (TPSA) is 102 Å². The first-order valence-electron chi connectivity index (χ1n) is 6.09. The first-order chi connectivity index (χ1) is 9.93. The second-order valence-corrected chi connectivity index (χ2v) is 4.37. The van der Waals surface area contributed by atoms with E-state index in [1.165, 1.54) is 25.3 Å². The highest BCUT2D eigenvalue weighted by Gasteiger charge is 2.19. The normalized spacial score (nSPS) is 10.2. The molecule has 0 radical (unpaired) electrons. The zero-order valence-electron chi connectivity index (χ0n) is 11.8. The van der Waals surface area contributed by atoms with Crippen molar-refractivity contribution in [2.75, 3.05) is 12.4 Å². The predicted octanol–water partition coefficient (Wildman–Crippen LogP) is 2.25. The van der Waals surface area contributed by atoms with Crippen LogP contribution in [0.1, 0.15) is 32.2 Å². The Balaban J connectivity index is 2.36. The number of ether oxygens (including phenoxy) is 1. The van der Waals surface area contributed by atoms with E-state index in [0.717, 1.165) is 0 Å². The summed E-state index contributed by atoms with van der Waals surface area (Å²) in [6.45, 7) is 3.27. The standard InChI is InChI=1S/C14H14N2O5/c1-7-12(8(2)21-16-7)13(17)15-10-6-9(14(18)19)4-5-11(10)20-3/h4-6H,1-3H3,(H,15,17)(H,18,19). The molecular formula is C14H14N2O5. The molecule has 0 spiro atoms. The number of hydrogen-bond donors (Lipinski definition) is 2. The molecule has 2 aromatic rings. The van der Waals surface area contributed by atoms with Crippen LogP contribution >= 0.6 is 0 Å².